The third-order valence-electron chi connectivity index (χ3n) is 4.15. The van der Waals surface area contributed by atoms with E-state index in [-0.39, 0.29) is 0 Å². The zero-order chi connectivity index (χ0) is 13.3. The van der Waals surface area contributed by atoms with Crippen LogP contribution < -0.4 is 5.32 Å². The first-order valence-electron chi connectivity index (χ1n) is 6.36. The van der Waals surface area contributed by atoms with Gasteiger partial charge in [-0.1, -0.05) is 48.7 Å². The molecule has 4 heteroatoms. The number of hydrogen-bond acceptors (Lipinski definition) is 1. The zero-order valence-corrected chi connectivity index (χ0v) is 12.9. The molecule has 100 valence electrons. The minimum atomic E-state index is 0.547. The van der Waals surface area contributed by atoms with E-state index in [1.165, 1.54) is 12.8 Å². The van der Waals surface area contributed by atoms with Crippen LogP contribution in [0.3, 0.4) is 0 Å². The first-order valence-corrected chi connectivity index (χ1v) is 7.50. The fraction of sp³-hybridized carbons (Fsp3) is 0.571. The van der Waals surface area contributed by atoms with Crippen LogP contribution in [0.5, 0.6) is 0 Å². The SMILES string of the molecule is CC1CCC(NCc2c(Cl)ccc(Cl)c2Cl)C1C. The van der Waals surface area contributed by atoms with Gasteiger partial charge in [-0.3, -0.25) is 0 Å². The Morgan fingerprint density at radius 2 is 1.78 bits per heavy atom. The molecule has 0 heterocycles. The molecule has 1 saturated carbocycles. The van der Waals surface area contributed by atoms with Gasteiger partial charge in [0, 0.05) is 23.2 Å². The van der Waals surface area contributed by atoms with Gasteiger partial charge in [0.25, 0.3) is 0 Å². The molecule has 0 aliphatic heterocycles. The second-order valence-electron chi connectivity index (χ2n) is 5.22. The van der Waals surface area contributed by atoms with Gasteiger partial charge in [-0.2, -0.15) is 0 Å². The quantitative estimate of drug-likeness (QED) is 0.760. The maximum Gasteiger partial charge on any atom is 0.0652 e. The molecule has 1 N–H and O–H groups in total. The van der Waals surface area contributed by atoms with Crippen molar-refractivity contribution in [2.45, 2.75) is 39.3 Å². The summed E-state index contributed by atoms with van der Waals surface area (Å²) in [6, 6.07) is 4.08. The van der Waals surface area contributed by atoms with E-state index in [0.29, 0.717) is 33.6 Å². The molecule has 0 amide bonds. The lowest BCUT2D eigenvalue weighted by Gasteiger charge is -2.20. The Kier molecular flexibility index (Phi) is 4.82. The standard InChI is InChI=1S/C14H18Cl3N/c1-8-3-6-13(9(8)2)18-7-10-11(15)4-5-12(16)14(10)17/h4-5,8-9,13,18H,3,6-7H2,1-2H3. The highest BCUT2D eigenvalue weighted by Crippen LogP contribution is 2.34. The third-order valence-corrected chi connectivity index (χ3v) is 5.34. The molecule has 1 aliphatic carbocycles. The Morgan fingerprint density at radius 1 is 1.11 bits per heavy atom. The van der Waals surface area contributed by atoms with Crippen LogP contribution in [0, 0.1) is 11.8 Å². The lowest BCUT2D eigenvalue weighted by molar-refractivity contribution is 0.370. The summed E-state index contributed by atoms with van der Waals surface area (Å²) >= 11 is 18.4. The van der Waals surface area contributed by atoms with Crippen LogP contribution in [0.1, 0.15) is 32.3 Å². The van der Waals surface area contributed by atoms with Crippen molar-refractivity contribution in [1.29, 1.82) is 0 Å². The Balaban J connectivity index is 2.05. The minimum Gasteiger partial charge on any atom is -0.310 e. The molecule has 18 heavy (non-hydrogen) atoms. The fourth-order valence-electron chi connectivity index (χ4n) is 2.62. The summed E-state index contributed by atoms with van der Waals surface area (Å²) in [5.74, 6) is 1.48. The number of halogens is 3. The molecule has 0 bridgehead atoms. The largest absolute Gasteiger partial charge is 0.310 e. The van der Waals surface area contributed by atoms with Gasteiger partial charge in [-0.05, 0) is 36.8 Å². The topological polar surface area (TPSA) is 12.0 Å². The van der Waals surface area contributed by atoms with E-state index in [1.807, 2.05) is 0 Å². The van der Waals surface area contributed by atoms with E-state index < -0.39 is 0 Å². The second-order valence-corrected chi connectivity index (χ2v) is 6.42. The lowest BCUT2D eigenvalue weighted by atomic mass is 9.97. The van der Waals surface area contributed by atoms with Gasteiger partial charge < -0.3 is 5.32 Å². The van der Waals surface area contributed by atoms with Crippen LogP contribution >= 0.6 is 34.8 Å². The van der Waals surface area contributed by atoms with Crippen molar-refractivity contribution in [3.63, 3.8) is 0 Å². The number of nitrogens with one attached hydrogen (secondary N) is 1. The third kappa shape index (κ3) is 2.96. The summed E-state index contributed by atoms with van der Waals surface area (Å²) in [5.41, 5.74) is 0.901. The van der Waals surface area contributed by atoms with Crippen molar-refractivity contribution >= 4 is 34.8 Å². The summed E-state index contributed by atoms with van der Waals surface area (Å²) in [4.78, 5) is 0. The van der Waals surface area contributed by atoms with Gasteiger partial charge in [0.1, 0.15) is 0 Å². The molecular formula is C14H18Cl3N. The Morgan fingerprint density at radius 3 is 2.39 bits per heavy atom. The molecule has 0 radical (unpaired) electrons. The molecule has 1 aromatic rings. The van der Waals surface area contributed by atoms with E-state index in [9.17, 15) is 0 Å². The van der Waals surface area contributed by atoms with Crippen molar-refractivity contribution in [1.82, 2.24) is 5.32 Å². The van der Waals surface area contributed by atoms with Gasteiger partial charge in [-0.15, -0.1) is 0 Å². The van der Waals surface area contributed by atoms with Gasteiger partial charge in [0.15, 0.2) is 0 Å². The van der Waals surface area contributed by atoms with Gasteiger partial charge in [-0.25, -0.2) is 0 Å². The van der Waals surface area contributed by atoms with E-state index in [0.717, 1.165) is 11.5 Å². The Bertz CT molecular complexity index is 433. The Hall–Kier alpha value is 0.0500. The molecule has 0 aromatic heterocycles. The van der Waals surface area contributed by atoms with Crippen molar-refractivity contribution in [3.05, 3.63) is 32.8 Å². The van der Waals surface area contributed by atoms with Crippen LogP contribution in [0.25, 0.3) is 0 Å². The highest BCUT2D eigenvalue weighted by atomic mass is 35.5. The fourth-order valence-corrected chi connectivity index (χ4v) is 3.30. The zero-order valence-electron chi connectivity index (χ0n) is 10.6. The van der Waals surface area contributed by atoms with E-state index in [1.54, 1.807) is 12.1 Å². The van der Waals surface area contributed by atoms with Crippen LogP contribution in [0.15, 0.2) is 12.1 Å². The molecular weight excluding hydrogens is 289 g/mol. The molecule has 1 aliphatic rings. The molecule has 0 spiro atoms. The Labute approximate surface area is 124 Å². The number of benzene rings is 1. The molecule has 1 fully saturated rings. The molecule has 1 aromatic carbocycles. The molecule has 0 saturated heterocycles. The summed E-state index contributed by atoms with van der Waals surface area (Å²) in [6.45, 7) is 5.29. The summed E-state index contributed by atoms with van der Waals surface area (Å²) in [7, 11) is 0. The normalized spacial score (nSPS) is 27.7. The van der Waals surface area contributed by atoms with Crippen LogP contribution in [-0.2, 0) is 6.54 Å². The van der Waals surface area contributed by atoms with Gasteiger partial charge in [0.2, 0.25) is 0 Å². The first kappa shape index (κ1) is 14.5. The van der Waals surface area contributed by atoms with Gasteiger partial charge in [0.05, 0.1) is 10.0 Å². The molecule has 2 rings (SSSR count). The summed E-state index contributed by atoms with van der Waals surface area (Å²) in [6.07, 6.45) is 2.51. The number of rotatable bonds is 3. The minimum absolute atomic E-state index is 0.547. The van der Waals surface area contributed by atoms with Gasteiger partial charge >= 0.3 is 0 Å². The van der Waals surface area contributed by atoms with Crippen molar-refractivity contribution in [3.8, 4) is 0 Å². The maximum absolute atomic E-state index is 6.19. The van der Waals surface area contributed by atoms with Crippen molar-refractivity contribution in [2.75, 3.05) is 0 Å². The van der Waals surface area contributed by atoms with Crippen LogP contribution in [-0.4, -0.2) is 6.04 Å². The molecule has 3 atom stereocenters. The van der Waals surface area contributed by atoms with E-state index >= 15 is 0 Å². The van der Waals surface area contributed by atoms with E-state index in [4.69, 9.17) is 34.8 Å². The predicted octanol–water partition coefficient (Wildman–Crippen LogP) is 5.17. The maximum atomic E-state index is 6.19. The number of hydrogen-bond donors (Lipinski definition) is 1. The summed E-state index contributed by atoms with van der Waals surface area (Å²) in [5, 5.41) is 5.36. The second kappa shape index (κ2) is 6.00. The van der Waals surface area contributed by atoms with E-state index in [2.05, 4.69) is 19.2 Å². The monoisotopic (exact) mass is 305 g/mol. The average molecular weight is 307 g/mol. The highest BCUT2D eigenvalue weighted by Gasteiger charge is 2.29. The smallest absolute Gasteiger partial charge is 0.0652 e. The average Bonchev–Trinajstić information content (AvgIpc) is 2.66. The lowest BCUT2D eigenvalue weighted by Crippen LogP contribution is -2.32. The van der Waals surface area contributed by atoms with Crippen LogP contribution in [0.2, 0.25) is 15.1 Å². The summed E-state index contributed by atoms with van der Waals surface area (Å²) < 4.78 is 0. The highest BCUT2D eigenvalue weighted by molar-refractivity contribution is 6.44. The first-order chi connectivity index (χ1) is 8.50. The van der Waals surface area contributed by atoms with Crippen LogP contribution in [0.4, 0.5) is 0 Å². The molecule has 3 unspecified atom stereocenters. The van der Waals surface area contributed by atoms with Crippen molar-refractivity contribution < 1.29 is 0 Å². The predicted molar refractivity (Wildman–Crippen MR) is 79.7 cm³/mol. The molecule has 1 nitrogen and oxygen atoms in total. The van der Waals surface area contributed by atoms with Crippen molar-refractivity contribution in [2.24, 2.45) is 11.8 Å².